The summed E-state index contributed by atoms with van der Waals surface area (Å²) < 4.78 is 6.96. The minimum atomic E-state index is -0.592. The Bertz CT molecular complexity index is 1010. The summed E-state index contributed by atoms with van der Waals surface area (Å²) in [6.07, 6.45) is 0.0646. The zero-order valence-electron chi connectivity index (χ0n) is 18.9. The molecule has 0 radical (unpaired) electrons. The van der Waals surface area contributed by atoms with Crippen LogP contribution in [-0.2, 0) is 17.7 Å². The summed E-state index contributed by atoms with van der Waals surface area (Å²) in [5, 5.41) is 5.69. The van der Waals surface area contributed by atoms with Gasteiger partial charge in [0.2, 0.25) is 5.95 Å². The number of carbonyl (C=O) groups excluding carboxylic acids is 1. The van der Waals surface area contributed by atoms with Crippen molar-refractivity contribution in [2.24, 2.45) is 0 Å². The van der Waals surface area contributed by atoms with Crippen molar-refractivity contribution in [1.29, 1.82) is 0 Å². The van der Waals surface area contributed by atoms with Gasteiger partial charge in [-0.15, -0.1) is 0 Å². The van der Waals surface area contributed by atoms with E-state index in [4.69, 9.17) is 21.3 Å². The van der Waals surface area contributed by atoms with Gasteiger partial charge in [-0.3, -0.25) is 4.79 Å². The first-order chi connectivity index (χ1) is 14.5. The molecule has 0 aliphatic carbocycles. The number of nitrogens with one attached hydrogen (secondary N) is 1. The fourth-order valence-electron chi connectivity index (χ4n) is 3.44. The number of hydrogen-bond donors (Lipinski definition) is 1. The summed E-state index contributed by atoms with van der Waals surface area (Å²) in [6.45, 7) is 8.10. The van der Waals surface area contributed by atoms with Crippen molar-refractivity contribution < 1.29 is 9.53 Å². The molecular formula is C22H30ClN5O3. The van der Waals surface area contributed by atoms with Crippen LogP contribution in [0.4, 0.5) is 10.7 Å². The Kier molecular flexibility index (Phi) is 6.50. The highest BCUT2D eigenvalue weighted by molar-refractivity contribution is 6.30. The Labute approximate surface area is 187 Å². The molecule has 1 aliphatic rings. The Morgan fingerprint density at radius 2 is 1.90 bits per heavy atom. The molecule has 1 aromatic heterocycles. The molecule has 1 N–H and O–H groups in total. The molecule has 0 spiro atoms. The Morgan fingerprint density at radius 1 is 1.26 bits per heavy atom. The number of anilines is 1. The van der Waals surface area contributed by atoms with E-state index in [0.717, 1.165) is 5.56 Å². The van der Waals surface area contributed by atoms with Gasteiger partial charge in [0.15, 0.2) is 0 Å². The van der Waals surface area contributed by atoms with Crippen LogP contribution in [0.5, 0.6) is 0 Å². The number of aromatic nitrogens is 2. The van der Waals surface area contributed by atoms with Crippen LogP contribution >= 0.6 is 11.6 Å². The minimum absolute atomic E-state index is 0.0877. The van der Waals surface area contributed by atoms with Crippen LogP contribution in [0, 0.1) is 0 Å². The number of amides is 1. The van der Waals surface area contributed by atoms with Crippen LogP contribution in [0.2, 0.25) is 5.02 Å². The van der Waals surface area contributed by atoms with Gasteiger partial charge in [0.25, 0.3) is 5.56 Å². The van der Waals surface area contributed by atoms with Crippen LogP contribution < -0.4 is 15.9 Å². The van der Waals surface area contributed by atoms with Crippen molar-refractivity contribution in [3.63, 3.8) is 0 Å². The molecule has 9 heteroatoms. The molecular weight excluding hydrogens is 418 g/mol. The third-order valence-electron chi connectivity index (χ3n) is 4.98. The monoisotopic (exact) mass is 447 g/mol. The number of benzene rings is 1. The smallest absolute Gasteiger partial charge is 0.410 e. The molecule has 2 aromatic rings. The van der Waals surface area contributed by atoms with Gasteiger partial charge in [-0.25, -0.2) is 9.78 Å². The molecule has 1 aliphatic heterocycles. The maximum atomic E-state index is 13.3. The lowest BCUT2D eigenvalue weighted by Gasteiger charge is -2.32. The minimum Gasteiger partial charge on any atom is -0.444 e. The molecule has 0 saturated heterocycles. The summed E-state index contributed by atoms with van der Waals surface area (Å²) in [6, 6.07) is 7.46. The predicted molar refractivity (Wildman–Crippen MR) is 122 cm³/mol. The Balaban J connectivity index is 1.91. The van der Waals surface area contributed by atoms with Crippen LogP contribution in [0.1, 0.15) is 50.6 Å². The van der Waals surface area contributed by atoms with E-state index in [1.807, 2.05) is 52.0 Å². The van der Waals surface area contributed by atoms with Gasteiger partial charge < -0.3 is 20.0 Å². The molecule has 1 amide bonds. The lowest BCUT2D eigenvalue weighted by molar-refractivity contribution is 0.0221. The van der Waals surface area contributed by atoms with E-state index in [9.17, 15) is 9.59 Å². The normalized spacial score (nSPS) is 14.6. The quantitative estimate of drug-likeness (QED) is 0.771. The molecule has 1 atom stereocenters. The van der Waals surface area contributed by atoms with Crippen LogP contribution in [0.15, 0.2) is 29.1 Å². The zero-order valence-corrected chi connectivity index (χ0v) is 19.7. The zero-order chi connectivity index (χ0) is 22.9. The molecule has 168 valence electrons. The maximum Gasteiger partial charge on any atom is 0.410 e. The first-order valence-electron chi connectivity index (χ1n) is 10.3. The number of nitrogens with zero attached hydrogens (tertiary/aromatic N) is 4. The van der Waals surface area contributed by atoms with Crippen molar-refractivity contribution in [2.75, 3.05) is 31.0 Å². The second-order valence-electron chi connectivity index (χ2n) is 8.89. The van der Waals surface area contributed by atoms with Crippen LogP contribution in [-0.4, -0.2) is 46.9 Å². The number of fused-ring (bicyclic) bond motifs is 1. The van der Waals surface area contributed by atoms with E-state index in [0.29, 0.717) is 35.2 Å². The van der Waals surface area contributed by atoms with Crippen molar-refractivity contribution in [3.05, 3.63) is 56.5 Å². The summed E-state index contributed by atoms with van der Waals surface area (Å²) in [5.41, 5.74) is 1.45. The molecule has 1 aromatic carbocycles. The van der Waals surface area contributed by atoms with E-state index in [-0.39, 0.29) is 18.1 Å². The number of rotatable bonds is 4. The Hall–Kier alpha value is -2.74. The SMILES string of the molecule is CC(Nc1nc2c(c(=O)n1N(C)C)CN(C(=O)OC(C)(C)C)CC2)c1ccc(Cl)cc1. The van der Waals surface area contributed by atoms with E-state index in [1.165, 1.54) is 4.68 Å². The molecule has 0 saturated carbocycles. The molecule has 3 rings (SSSR count). The molecule has 0 bridgehead atoms. The summed E-state index contributed by atoms with van der Waals surface area (Å²) in [5.74, 6) is 0.460. The van der Waals surface area contributed by atoms with Crippen LogP contribution in [0.3, 0.4) is 0 Å². The second kappa shape index (κ2) is 8.78. The first-order valence-corrected chi connectivity index (χ1v) is 10.7. The van der Waals surface area contributed by atoms with E-state index in [2.05, 4.69) is 5.32 Å². The predicted octanol–water partition coefficient (Wildman–Crippen LogP) is 3.56. The number of carbonyl (C=O) groups is 1. The number of halogens is 1. The van der Waals surface area contributed by atoms with Crippen LogP contribution in [0.25, 0.3) is 0 Å². The van der Waals surface area contributed by atoms with Crippen molar-refractivity contribution in [3.8, 4) is 0 Å². The Morgan fingerprint density at radius 3 is 2.48 bits per heavy atom. The van der Waals surface area contributed by atoms with Gasteiger partial charge in [0.1, 0.15) is 5.60 Å². The average molecular weight is 448 g/mol. The summed E-state index contributed by atoms with van der Waals surface area (Å²) in [4.78, 5) is 32.1. The molecule has 0 fully saturated rings. The van der Waals surface area contributed by atoms with Gasteiger partial charge in [-0.05, 0) is 45.4 Å². The summed E-state index contributed by atoms with van der Waals surface area (Å²) >= 11 is 5.99. The van der Waals surface area contributed by atoms with E-state index in [1.54, 1.807) is 24.0 Å². The maximum absolute atomic E-state index is 13.3. The average Bonchev–Trinajstić information content (AvgIpc) is 2.66. The van der Waals surface area contributed by atoms with Gasteiger partial charge in [0.05, 0.1) is 23.8 Å². The summed E-state index contributed by atoms with van der Waals surface area (Å²) in [7, 11) is 3.56. The fraction of sp³-hybridized carbons (Fsp3) is 0.500. The highest BCUT2D eigenvalue weighted by Crippen LogP contribution is 2.23. The van der Waals surface area contributed by atoms with Crippen molar-refractivity contribution in [1.82, 2.24) is 14.6 Å². The highest BCUT2D eigenvalue weighted by atomic mass is 35.5. The topological polar surface area (TPSA) is 79.7 Å². The lowest BCUT2D eigenvalue weighted by Crippen LogP contribution is -2.46. The first kappa shape index (κ1) is 22.9. The lowest BCUT2D eigenvalue weighted by atomic mass is 10.1. The molecule has 2 heterocycles. The number of hydrogen-bond acceptors (Lipinski definition) is 6. The van der Waals surface area contributed by atoms with Crippen molar-refractivity contribution in [2.45, 2.75) is 52.3 Å². The third kappa shape index (κ3) is 5.31. The van der Waals surface area contributed by atoms with Gasteiger partial charge in [-0.1, -0.05) is 23.7 Å². The third-order valence-corrected chi connectivity index (χ3v) is 5.23. The van der Waals surface area contributed by atoms with E-state index < -0.39 is 11.7 Å². The molecule has 8 nitrogen and oxygen atoms in total. The second-order valence-corrected chi connectivity index (χ2v) is 9.33. The molecule has 31 heavy (non-hydrogen) atoms. The fourth-order valence-corrected chi connectivity index (χ4v) is 3.57. The molecule has 1 unspecified atom stereocenters. The number of ether oxygens (including phenoxy) is 1. The standard InChI is InChI=1S/C22H30ClN5O3/c1-14(15-7-9-16(23)10-8-15)24-20-25-18-11-12-27(21(30)31-22(2,3)4)13-17(18)19(29)28(20)26(5)6/h7-10,14H,11-13H2,1-6H3,(H,24,25). The van der Waals surface area contributed by atoms with Gasteiger partial charge in [-0.2, -0.15) is 4.68 Å². The highest BCUT2D eigenvalue weighted by Gasteiger charge is 2.30. The van der Waals surface area contributed by atoms with Gasteiger partial charge in [0, 0.05) is 32.1 Å². The van der Waals surface area contributed by atoms with E-state index >= 15 is 0 Å². The van der Waals surface area contributed by atoms with Crippen molar-refractivity contribution >= 4 is 23.6 Å². The van der Waals surface area contributed by atoms with Gasteiger partial charge >= 0.3 is 6.09 Å². The largest absolute Gasteiger partial charge is 0.444 e.